The first kappa shape index (κ1) is 18.3. The summed E-state index contributed by atoms with van der Waals surface area (Å²) in [5.74, 6) is 0. The van der Waals surface area contributed by atoms with E-state index in [1.54, 1.807) is 19.4 Å². The molecule has 0 atom stereocenters. The van der Waals surface area contributed by atoms with E-state index in [0.29, 0.717) is 24.7 Å². The lowest BCUT2D eigenvalue weighted by atomic mass is 10.0. The molecule has 0 spiro atoms. The van der Waals surface area contributed by atoms with Crippen LogP contribution >= 0.6 is 24.0 Å². The maximum absolute atomic E-state index is 11.0. The lowest BCUT2D eigenvalue weighted by Crippen LogP contribution is -2.25. The van der Waals surface area contributed by atoms with E-state index in [1.165, 1.54) is 4.90 Å². The lowest BCUT2D eigenvalue weighted by Gasteiger charge is -2.18. The van der Waals surface area contributed by atoms with Gasteiger partial charge in [0.15, 0.2) is 0 Å². The number of carboxylic acid groups (broad SMARTS) is 1. The molecule has 0 saturated carbocycles. The third kappa shape index (κ3) is 3.90. The third-order valence-corrected chi connectivity index (χ3v) is 4.22. The largest absolute Gasteiger partial charge is 0.465 e. The Hall–Kier alpha value is -2.02. The summed E-state index contributed by atoms with van der Waals surface area (Å²) in [6.07, 6.45) is 2.51. The Labute approximate surface area is 151 Å². The maximum Gasteiger partial charge on any atom is 0.407 e. The predicted molar refractivity (Wildman–Crippen MR) is 95.3 cm³/mol. The Morgan fingerprint density at radius 2 is 1.96 bits per heavy atom. The zero-order valence-electron chi connectivity index (χ0n) is 13.1. The fourth-order valence-electron chi connectivity index (χ4n) is 2.68. The minimum Gasteiger partial charge on any atom is -0.465 e. The minimum absolute atomic E-state index is 0. The van der Waals surface area contributed by atoms with Crippen molar-refractivity contribution in [2.24, 2.45) is 0 Å². The van der Waals surface area contributed by atoms with Crippen molar-refractivity contribution in [1.82, 2.24) is 14.9 Å². The smallest absolute Gasteiger partial charge is 0.407 e. The summed E-state index contributed by atoms with van der Waals surface area (Å²) in [7, 11) is 1.56. The van der Waals surface area contributed by atoms with Crippen molar-refractivity contribution >= 4 is 35.8 Å². The van der Waals surface area contributed by atoms with Gasteiger partial charge in [-0.1, -0.05) is 17.7 Å². The molecule has 8 heteroatoms. The fraction of sp³-hybridized carbons (Fsp3) is 0.250. The van der Waals surface area contributed by atoms with Crippen molar-refractivity contribution < 1.29 is 9.90 Å². The summed E-state index contributed by atoms with van der Waals surface area (Å²) < 4.78 is 0. The molecule has 0 radical (unpaired) electrons. The quantitative estimate of drug-likeness (QED) is 0.862. The second kappa shape index (κ2) is 7.70. The highest BCUT2D eigenvalue weighted by molar-refractivity contribution is 6.31. The van der Waals surface area contributed by atoms with E-state index in [4.69, 9.17) is 16.7 Å². The van der Waals surface area contributed by atoms with E-state index in [-0.39, 0.29) is 12.4 Å². The highest BCUT2D eigenvalue weighted by Crippen LogP contribution is 2.32. The van der Waals surface area contributed by atoms with Crippen LogP contribution in [0.25, 0.3) is 0 Å². The van der Waals surface area contributed by atoms with Gasteiger partial charge in [0.2, 0.25) is 0 Å². The van der Waals surface area contributed by atoms with E-state index >= 15 is 0 Å². The van der Waals surface area contributed by atoms with Crippen LogP contribution in [0.2, 0.25) is 5.02 Å². The number of hydrogen-bond acceptors (Lipinski definition) is 4. The highest BCUT2D eigenvalue weighted by Gasteiger charge is 2.25. The molecule has 0 unspecified atom stereocenters. The number of pyridine rings is 1. The van der Waals surface area contributed by atoms with Crippen molar-refractivity contribution in [1.29, 1.82) is 0 Å². The first-order valence-electron chi connectivity index (χ1n) is 7.19. The molecule has 0 fully saturated rings. The second-order valence-electron chi connectivity index (χ2n) is 5.51. The molecule has 1 aliphatic rings. The van der Waals surface area contributed by atoms with Crippen LogP contribution in [0.4, 0.5) is 10.5 Å². The first-order valence-corrected chi connectivity index (χ1v) is 7.57. The number of nitrogens with zero attached hydrogens (tertiary/aromatic N) is 3. The van der Waals surface area contributed by atoms with Gasteiger partial charge in [0.1, 0.15) is 0 Å². The van der Waals surface area contributed by atoms with E-state index < -0.39 is 6.09 Å². The Morgan fingerprint density at radius 1 is 1.29 bits per heavy atom. The van der Waals surface area contributed by atoms with Gasteiger partial charge in [-0.2, -0.15) is 0 Å². The average Bonchev–Trinajstić information content (AvgIpc) is 2.95. The van der Waals surface area contributed by atoms with Crippen molar-refractivity contribution in [3.05, 3.63) is 58.4 Å². The van der Waals surface area contributed by atoms with E-state index in [2.05, 4.69) is 15.4 Å². The van der Waals surface area contributed by atoms with Crippen LogP contribution < -0.4 is 5.43 Å². The van der Waals surface area contributed by atoms with Crippen LogP contribution in [0.15, 0.2) is 36.7 Å². The molecule has 1 aliphatic heterocycles. The lowest BCUT2D eigenvalue weighted by molar-refractivity contribution is 0.153. The number of aromatic nitrogens is 1. The molecule has 2 N–H and O–H groups in total. The van der Waals surface area contributed by atoms with Gasteiger partial charge in [-0.05, 0) is 34.9 Å². The molecule has 1 aromatic carbocycles. The predicted octanol–water partition coefficient (Wildman–Crippen LogP) is 3.61. The first-order chi connectivity index (χ1) is 11.0. The van der Waals surface area contributed by atoms with Crippen molar-refractivity contribution in [2.75, 3.05) is 12.5 Å². The maximum atomic E-state index is 11.0. The number of rotatable bonds is 4. The van der Waals surface area contributed by atoms with Gasteiger partial charge < -0.3 is 15.4 Å². The molecule has 1 amide bonds. The van der Waals surface area contributed by atoms with Crippen molar-refractivity contribution in [3.8, 4) is 0 Å². The molecule has 6 nitrogen and oxygen atoms in total. The number of fused-ring (bicyclic) bond motifs is 1. The van der Waals surface area contributed by atoms with E-state index in [0.717, 1.165) is 22.4 Å². The molecule has 2 heterocycles. The molecular formula is C16H18Cl2N4O2. The van der Waals surface area contributed by atoms with Crippen LogP contribution in [0.3, 0.4) is 0 Å². The van der Waals surface area contributed by atoms with Gasteiger partial charge in [0.05, 0.1) is 5.69 Å². The van der Waals surface area contributed by atoms with Crippen LogP contribution in [-0.4, -0.2) is 33.1 Å². The monoisotopic (exact) mass is 368 g/mol. The molecule has 24 heavy (non-hydrogen) atoms. The number of benzene rings is 1. The zero-order valence-corrected chi connectivity index (χ0v) is 14.6. The number of nitrogens with one attached hydrogen (secondary N) is 1. The molecular weight excluding hydrogens is 351 g/mol. The average molecular weight is 369 g/mol. The standard InChI is InChI=1S/C16H17ClN4O2.ClH/c1-20(16(22)23)8-11-2-3-15(17)14-10-21(9-13(11)14)19-12-4-6-18-7-5-12;/h2-7H,8-10H2,1H3,(H,18,19)(H,22,23);1H. The Kier molecular flexibility index (Phi) is 5.88. The number of hydrogen-bond donors (Lipinski definition) is 2. The summed E-state index contributed by atoms with van der Waals surface area (Å²) in [6, 6.07) is 7.52. The fourth-order valence-corrected chi connectivity index (χ4v) is 2.91. The molecule has 0 aliphatic carbocycles. The normalized spacial score (nSPS) is 13.1. The molecule has 128 valence electrons. The topological polar surface area (TPSA) is 68.7 Å². The van der Waals surface area contributed by atoms with Gasteiger partial charge in [-0.15, -0.1) is 12.4 Å². The summed E-state index contributed by atoms with van der Waals surface area (Å²) in [5.41, 5.74) is 7.39. The minimum atomic E-state index is -0.946. The summed E-state index contributed by atoms with van der Waals surface area (Å²) in [4.78, 5) is 16.3. The molecule has 3 rings (SSSR count). The van der Waals surface area contributed by atoms with Crippen LogP contribution in [0.1, 0.15) is 16.7 Å². The Morgan fingerprint density at radius 3 is 2.62 bits per heavy atom. The molecule has 0 saturated heterocycles. The van der Waals surface area contributed by atoms with Gasteiger partial charge in [0.25, 0.3) is 0 Å². The highest BCUT2D eigenvalue weighted by atomic mass is 35.5. The second-order valence-corrected chi connectivity index (χ2v) is 5.91. The Bertz CT molecular complexity index is 728. The SMILES string of the molecule is CN(Cc1ccc(Cl)c2c1CN(Nc1ccncc1)C2)C(=O)O.Cl. The molecule has 2 aromatic rings. The van der Waals surface area contributed by atoms with Crippen molar-refractivity contribution in [2.45, 2.75) is 19.6 Å². The summed E-state index contributed by atoms with van der Waals surface area (Å²) in [5, 5.41) is 11.8. The number of hydrazine groups is 1. The van der Waals surface area contributed by atoms with Gasteiger partial charge in [-0.3, -0.25) is 4.98 Å². The number of anilines is 1. The van der Waals surface area contributed by atoms with Crippen LogP contribution in [0, 0.1) is 0 Å². The third-order valence-electron chi connectivity index (χ3n) is 3.87. The van der Waals surface area contributed by atoms with E-state index in [9.17, 15) is 4.79 Å². The van der Waals surface area contributed by atoms with Gasteiger partial charge in [-0.25, -0.2) is 9.80 Å². The van der Waals surface area contributed by atoms with Crippen molar-refractivity contribution in [3.63, 3.8) is 0 Å². The van der Waals surface area contributed by atoms with Crippen LogP contribution in [0.5, 0.6) is 0 Å². The number of carbonyl (C=O) groups is 1. The number of amides is 1. The molecule has 1 aromatic heterocycles. The summed E-state index contributed by atoms with van der Waals surface area (Å²) >= 11 is 6.31. The molecule has 0 bridgehead atoms. The van der Waals surface area contributed by atoms with E-state index in [1.807, 2.05) is 24.3 Å². The van der Waals surface area contributed by atoms with Gasteiger partial charge in [0, 0.05) is 44.1 Å². The van der Waals surface area contributed by atoms with Gasteiger partial charge >= 0.3 is 6.09 Å². The number of halogens is 2. The van der Waals surface area contributed by atoms with Crippen LogP contribution in [-0.2, 0) is 19.6 Å². The zero-order chi connectivity index (χ0) is 16.4. The summed E-state index contributed by atoms with van der Waals surface area (Å²) in [6.45, 7) is 1.68. The Balaban J connectivity index is 0.00000208.